The van der Waals surface area contributed by atoms with Crippen LogP contribution in [0.2, 0.25) is 0 Å². The van der Waals surface area contributed by atoms with Gasteiger partial charge in [-0.3, -0.25) is 14.5 Å². The van der Waals surface area contributed by atoms with Crippen LogP contribution in [0.25, 0.3) is 0 Å². The molecule has 0 radical (unpaired) electrons. The standard InChI is InChI=1S/C15H19N3O6/c1-9(2)6-7-23-13(19)8-17-14-11(24-10(3)15(17)20)4-5-12(16-14)18(21)22/h4-5,9-10H,6-8H2,1-3H3. The van der Waals surface area contributed by atoms with Gasteiger partial charge in [0.15, 0.2) is 11.9 Å². The molecular formula is C15H19N3O6. The van der Waals surface area contributed by atoms with E-state index in [1.54, 1.807) is 0 Å². The van der Waals surface area contributed by atoms with Crippen LogP contribution in [0.3, 0.4) is 0 Å². The van der Waals surface area contributed by atoms with Crippen LogP contribution < -0.4 is 9.64 Å². The molecular weight excluding hydrogens is 318 g/mol. The van der Waals surface area contributed by atoms with Gasteiger partial charge in [0.2, 0.25) is 0 Å². The highest BCUT2D eigenvalue weighted by Gasteiger charge is 2.38. The zero-order valence-corrected chi connectivity index (χ0v) is 13.7. The van der Waals surface area contributed by atoms with Crippen LogP contribution in [0, 0.1) is 16.0 Å². The zero-order chi connectivity index (χ0) is 17.9. The molecule has 130 valence electrons. The van der Waals surface area contributed by atoms with Crippen LogP contribution in [-0.4, -0.2) is 41.0 Å². The molecule has 1 atom stereocenters. The summed E-state index contributed by atoms with van der Waals surface area (Å²) in [7, 11) is 0. The van der Waals surface area contributed by atoms with Gasteiger partial charge in [0.25, 0.3) is 11.7 Å². The number of amides is 1. The predicted octanol–water partition coefficient (Wildman–Crippen LogP) is 1.69. The summed E-state index contributed by atoms with van der Waals surface area (Å²) in [6, 6.07) is 2.54. The summed E-state index contributed by atoms with van der Waals surface area (Å²) in [6.07, 6.45) is -0.108. The average molecular weight is 337 g/mol. The van der Waals surface area contributed by atoms with Crippen molar-refractivity contribution in [3.05, 3.63) is 22.2 Å². The first-order chi connectivity index (χ1) is 11.3. The van der Waals surface area contributed by atoms with Crippen molar-refractivity contribution >= 4 is 23.5 Å². The minimum absolute atomic E-state index is 0.0480. The summed E-state index contributed by atoms with van der Waals surface area (Å²) < 4.78 is 10.5. The van der Waals surface area contributed by atoms with E-state index in [0.717, 1.165) is 4.90 Å². The smallest absolute Gasteiger partial charge is 0.366 e. The number of hydrogen-bond acceptors (Lipinski definition) is 7. The largest absolute Gasteiger partial charge is 0.475 e. The first-order valence-electron chi connectivity index (χ1n) is 7.58. The van der Waals surface area contributed by atoms with Gasteiger partial charge >= 0.3 is 11.8 Å². The number of hydrogen-bond donors (Lipinski definition) is 0. The van der Waals surface area contributed by atoms with E-state index in [-0.39, 0.29) is 24.7 Å². The molecule has 0 bridgehead atoms. The van der Waals surface area contributed by atoms with Gasteiger partial charge in [0.1, 0.15) is 6.54 Å². The second-order valence-electron chi connectivity index (χ2n) is 5.84. The molecule has 9 nitrogen and oxygen atoms in total. The second-order valence-corrected chi connectivity index (χ2v) is 5.84. The molecule has 2 heterocycles. The number of anilines is 1. The number of nitro groups is 1. The number of rotatable bonds is 6. The molecule has 0 saturated carbocycles. The molecule has 0 spiro atoms. The van der Waals surface area contributed by atoms with Gasteiger partial charge in [-0.2, -0.15) is 0 Å². The highest BCUT2D eigenvalue weighted by atomic mass is 16.6. The summed E-state index contributed by atoms with van der Waals surface area (Å²) in [5, 5.41) is 10.9. The number of carbonyl (C=O) groups excluding carboxylic acids is 2. The molecule has 1 amide bonds. The van der Waals surface area contributed by atoms with Gasteiger partial charge in [0.05, 0.1) is 6.61 Å². The number of carbonyl (C=O) groups is 2. The molecule has 0 aliphatic carbocycles. The van der Waals surface area contributed by atoms with Crippen LogP contribution >= 0.6 is 0 Å². The molecule has 24 heavy (non-hydrogen) atoms. The Bertz CT molecular complexity index is 661. The third kappa shape index (κ3) is 3.98. The summed E-state index contributed by atoms with van der Waals surface area (Å²) in [5.41, 5.74) is 0. The Kier molecular flexibility index (Phi) is 5.32. The van der Waals surface area contributed by atoms with E-state index in [9.17, 15) is 19.7 Å². The van der Waals surface area contributed by atoms with Gasteiger partial charge in [-0.25, -0.2) is 0 Å². The number of nitrogens with zero attached hydrogens (tertiary/aromatic N) is 3. The van der Waals surface area contributed by atoms with E-state index in [1.807, 2.05) is 13.8 Å². The van der Waals surface area contributed by atoms with Crippen LogP contribution in [-0.2, 0) is 14.3 Å². The fourth-order valence-electron chi connectivity index (χ4n) is 2.11. The molecule has 9 heteroatoms. The molecule has 1 unspecified atom stereocenters. The quantitative estimate of drug-likeness (QED) is 0.441. The summed E-state index contributed by atoms with van der Waals surface area (Å²) in [6.45, 7) is 5.41. The minimum Gasteiger partial charge on any atom is -0.475 e. The monoisotopic (exact) mass is 337 g/mol. The third-order valence-electron chi connectivity index (χ3n) is 3.43. The lowest BCUT2D eigenvalue weighted by molar-refractivity contribution is -0.389. The molecule has 1 aromatic heterocycles. The van der Waals surface area contributed by atoms with Crippen molar-refractivity contribution in [3.8, 4) is 5.75 Å². The minimum atomic E-state index is -0.816. The maximum absolute atomic E-state index is 12.3. The molecule has 1 aliphatic heterocycles. The summed E-state index contributed by atoms with van der Waals surface area (Å²) in [4.78, 5) is 39.3. The van der Waals surface area contributed by atoms with E-state index >= 15 is 0 Å². The number of pyridine rings is 1. The molecule has 0 fully saturated rings. The predicted molar refractivity (Wildman–Crippen MR) is 83.7 cm³/mol. The highest BCUT2D eigenvalue weighted by molar-refractivity contribution is 6.02. The fourth-order valence-corrected chi connectivity index (χ4v) is 2.11. The van der Waals surface area contributed by atoms with E-state index < -0.39 is 28.7 Å². The van der Waals surface area contributed by atoms with Crippen molar-refractivity contribution < 1.29 is 24.0 Å². The van der Waals surface area contributed by atoms with Gasteiger partial charge in [0, 0.05) is 6.07 Å². The normalized spacial score (nSPS) is 16.6. The highest BCUT2D eigenvalue weighted by Crippen LogP contribution is 2.33. The van der Waals surface area contributed by atoms with Crippen molar-refractivity contribution in [1.29, 1.82) is 0 Å². The molecule has 0 N–H and O–H groups in total. The van der Waals surface area contributed by atoms with E-state index in [4.69, 9.17) is 9.47 Å². The Labute approximate surface area is 138 Å². The van der Waals surface area contributed by atoms with Crippen LogP contribution in [0.15, 0.2) is 12.1 Å². The summed E-state index contributed by atoms with van der Waals surface area (Å²) >= 11 is 0. The average Bonchev–Trinajstić information content (AvgIpc) is 2.51. The maximum atomic E-state index is 12.3. The number of aromatic nitrogens is 1. The molecule has 1 aliphatic rings. The van der Waals surface area contributed by atoms with Crippen molar-refractivity contribution in [2.24, 2.45) is 5.92 Å². The summed E-state index contributed by atoms with van der Waals surface area (Å²) in [5.74, 6) is -0.991. The third-order valence-corrected chi connectivity index (χ3v) is 3.43. The topological polar surface area (TPSA) is 112 Å². The van der Waals surface area contributed by atoms with Gasteiger partial charge in [-0.05, 0) is 35.2 Å². The van der Waals surface area contributed by atoms with E-state index in [1.165, 1.54) is 19.1 Å². The second kappa shape index (κ2) is 7.24. The van der Waals surface area contributed by atoms with E-state index in [2.05, 4.69) is 4.98 Å². The molecule has 0 saturated heterocycles. The Hall–Kier alpha value is -2.71. The molecule has 2 rings (SSSR count). The number of fused-ring (bicyclic) bond motifs is 1. The van der Waals surface area contributed by atoms with Crippen molar-refractivity contribution in [2.45, 2.75) is 33.3 Å². The zero-order valence-electron chi connectivity index (χ0n) is 13.7. The fraction of sp³-hybridized carbons (Fsp3) is 0.533. The number of ether oxygens (including phenoxy) is 2. The Morgan fingerprint density at radius 1 is 1.50 bits per heavy atom. The maximum Gasteiger partial charge on any atom is 0.366 e. The molecule has 1 aromatic rings. The molecule has 0 aromatic carbocycles. The van der Waals surface area contributed by atoms with Crippen molar-refractivity contribution in [3.63, 3.8) is 0 Å². The first kappa shape index (κ1) is 17.6. The Morgan fingerprint density at radius 2 is 2.21 bits per heavy atom. The Morgan fingerprint density at radius 3 is 2.83 bits per heavy atom. The van der Waals surface area contributed by atoms with Crippen LogP contribution in [0.1, 0.15) is 27.2 Å². The SMILES string of the molecule is CC(C)CCOC(=O)CN1C(=O)C(C)Oc2ccc([N+](=O)[O-])nc21. The lowest BCUT2D eigenvalue weighted by Crippen LogP contribution is -2.47. The van der Waals surface area contributed by atoms with Crippen molar-refractivity contribution in [2.75, 3.05) is 18.1 Å². The van der Waals surface area contributed by atoms with Crippen molar-refractivity contribution in [1.82, 2.24) is 4.98 Å². The Balaban J connectivity index is 2.19. The van der Waals surface area contributed by atoms with E-state index in [0.29, 0.717) is 12.3 Å². The van der Waals surface area contributed by atoms with Gasteiger partial charge < -0.3 is 19.6 Å². The lowest BCUT2D eigenvalue weighted by atomic mass is 10.1. The van der Waals surface area contributed by atoms with Crippen LogP contribution in [0.5, 0.6) is 5.75 Å². The lowest BCUT2D eigenvalue weighted by Gasteiger charge is -2.28. The van der Waals surface area contributed by atoms with Gasteiger partial charge in [-0.1, -0.05) is 13.8 Å². The van der Waals surface area contributed by atoms with Crippen LogP contribution in [0.4, 0.5) is 11.6 Å². The van der Waals surface area contributed by atoms with Gasteiger partial charge in [-0.15, -0.1) is 0 Å². The first-order valence-corrected chi connectivity index (χ1v) is 7.58. The number of esters is 1.